The zero-order valence-electron chi connectivity index (χ0n) is 10.2. The highest BCUT2D eigenvalue weighted by atomic mass is 19.1. The van der Waals surface area contributed by atoms with Crippen molar-refractivity contribution in [3.8, 4) is 0 Å². The second-order valence-electron chi connectivity index (χ2n) is 4.36. The lowest BCUT2D eigenvalue weighted by atomic mass is 10.0. The Kier molecular flexibility index (Phi) is 3.61. The van der Waals surface area contributed by atoms with Crippen molar-refractivity contribution < 1.29 is 24.4 Å². The van der Waals surface area contributed by atoms with Gasteiger partial charge < -0.3 is 20.1 Å². The van der Waals surface area contributed by atoms with Gasteiger partial charge in [0.05, 0.1) is 6.61 Å². The zero-order chi connectivity index (χ0) is 15.1. The van der Waals surface area contributed by atoms with Gasteiger partial charge in [0.25, 0.3) is 5.56 Å². The Labute approximate surface area is 111 Å². The molecule has 1 aromatic rings. The van der Waals surface area contributed by atoms with Crippen LogP contribution >= 0.6 is 0 Å². The van der Waals surface area contributed by atoms with E-state index in [4.69, 9.17) is 9.84 Å². The third kappa shape index (κ3) is 1.91. The summed E-state index contributed by atoms with van der Waals surface area (Å²) in [6.45, 7) is 2.30. The summed E-state index contributed by atoms with van der Waals surface area (Å²) in [5, 5.41) is 28.7. The van der Waals surface area contributed by atoms with E-state index in [-0.39, 0.29) is 0 Å². The van der Waals surface area contributed by atoms with Crippen molar-refractivity contribution >= 4 is 0 Å². The molecule has 0 aliphatic carbocycles. The van der Waals surface area contributed by atoms with Crippen LogP contribution in [0.3, 0.4) is 0 Å². The van der Waals surface area contributed by atoms with Crippen molar-refractivity contribution in [2.75, 3.05) is 6.61 Å². The maximum Gasteiger partial charge on any atom is 0.331 e. The summed E-state index contributed by atoms with van der Waals surface area (Å²) in [5.74, 6) is -1.26. The van der Waals surface area contributed by atoms with Crippen LogP contribution in [-0.2, 0) is 10.5 Å². The molecule has 8 nitrogen and oxygen atoms in total. The summed E-state index contributed by atoms with van der Waals surface area (Å²) >= 11 is 0. The summed E-state index contributed by atoms with van der Waals surface area (Å²) in [7, 11) is 0. The lowest BCUT2D eigenvalue weighted by Gasteiger charge is -2.31. The third-order valence-electron chi connectivity index (χ3n) is 3.19. The molecular weight excluding hydrogens is 275 g/mol. The Morgan fingerprint density at radius 2 is 2.20 bits per heavy atom. The Hall–Kier alpha value is -1.81. The van der Waals surface area contributed by atoms with Crippen molar-refractivity contribution in [2.24, 2.45) is 0 Å². The largest absolute Gasteiger partial charge is 0.394 e. The standard InChI is InChI=1S/C11H13FN2O6/c1-5(12)11(9(18)8(17)6(4-15)20-11)14-3-2-7(16)13-10(14)19/h2-3,6,8-9,15,17-18H,1,4H2,(H,13,16,19)/t6-,8-,9-,11-/m1/s1. The maximum absolute atomic E-state index is 13.8. The van der Waals surface area contributed by atoms with Crippen LogP contribution in [0.5, 0.6) is 0 Å². The summed E-state index contributed by atoms with van der Waals surface area (Å²) < 4.78 is 19.5. The molecule has 4 atom stereocenters. The van der Waals surface area contributed by atoms with Crippen LogP contribution in [0.1, 0.15) is 0 Å². The first kappa shape index (κ1) is 14.6. The molecule has 0 saturated carbocycles. The van der Waals surface area contributed by atoms with Crippen molar-refractivity contribution in [1.29, 1.82) is 0 Å². The first-order chi connectivity index (χ1) is 9.34. The van der Waals surface area contributed by atoms with Crippen LogP contribution in [0.4, 0.5) is 4.39 Å². The number of aromatic amines is 1. The summed E-state index contributed by atoms with van der Waals surface area (Å²) in [5.41, 5.74) is -4.19. The SMILES string of the molecule is C=C(F)[C@@]1(n2ccc(=O)[nH]c2=O)O[C@H](CO)[C@@H](O)[C@H]1O. The fourth-order valence-electron chi connectivity index (χ4n) is 2.18. The molecule has 1 aliphatic rings. The van der Waals surface area contributed by atoms with Crippen LogP contribution in [0.2, 0.25) is 0 Å². The molecule has 2 heterocycles. The molecule has 1 fully saturated rings. The number of rotatable bonds is 3. The van der Waals surface area contributed by atoms with E-state index < -0.39 is 47.7 Å². The molecule has 0 amide bonds. The van der Waals surface area contributed by atoms with Crippen molar-refractivity contribution in [2.45, 2.75) is 24.0 Å². The van der Waals surface area contributed by atoms with Gasteiger partial charge in [-0.3, -0.25) is 14.3 Å². The number of nitrogens with zero attached hydrogens (tertiary/aromatic N) is 1. The number of aromatic nitrogens is 2. The van der Waals surface area contributed by atoms with Gasteiger partial charge >= 0.3 is 5.69 Å². The average molecular weight is 288 g/mol. The van der Waals surface area contributed by atoms with Gasteiger partial charge in [0.1, 0.15) is 24.1 Å². The van der Waals surface area contributed by atoms with Gasteiger partial charge in [-0.15, -0.1) is 0 Å². The van der Waals surface area contributed by atoms with Gasteiger partial charge in [-0.2, -0.15) is 0 Å². The van der Waals surface area contributed by atoms with E-state index in [0.717, 1.165) is 12.3 Å². The van der Waals surface area contributed by atoms with Crippen LogP contribution in [-0.4, -0.2) is 49.8 Å². The molecule has 110 valence electrons. The minimum absolute atomic E-state index is 0.570. The third-order valence-corrected chi connectivity index (χ3v) is 3.19. The normalized spacial score (nSPS) is 33.3. The molecule has 0 radical (unpaired) electrons. The Morgan fingerprint density at radius 1 is 1.55 bits per heavy atom. The van der Waals surface area contributed by atoms with E-state index in [1.54, 1.807) is 0 Å². The topological polar surface area (TPSA) is 125 Å². The van der Waals surface area contributed by atoms with Crippen LogP contribution in [0.15, 0.2) is 34.3 Å². The predicted molar refractivity (Wildman–Crippen MR) is 63.5 cm³/mol. The fourth-order valence-corrected chi connectivity index (χ4v) is 2.18. The summed E-state index contributed by atoms with van der Waals surface area (Å²) in [6, 6.07) is 0.917. The fraction of sp³-hybridized carbons (Fsp3) is 0.455. The molecule has 0 aromatic carbocycles. The van der Waals surface area contributed by atoms with Crippen LogP contribution < -0.4 is 11.2 Å². The van der Waals surface area contributed by atoms with E-state index in [0.29, 0.717) is 4.57 Å². The van der Waals surface area contributed by atoms with E-state index in [1.165, 1.54) is 0 Å². The number of ether oxygens (including phenoxy) is 1. The van der Waals surface area contributed by atoms with Gasteiger partial charge in [-0.25, -0.2) is 9.18 Å². The average Bonchev–Trinajstić information content (AvgIpc) is 2.64. The van der Waals surface area contributed by atoms with E-state index in [1.807, 2.05) is 4.98 Å². The molecule has 2 rings (SSSR count). The minimum Gasteiger partial charge on any atom is -0.394 e. The number of halogens is 1. The predicted octanol–water partition coefficient (Wildman–Crippen LogP) is -2.21. The monoisotopic (exact) mass is 288 g/mol. The quantitative estimate of drug-likeness (QED) is 0.499. The molecule has 4 N–H and O–H groups in total. The smallest absolute Gasteiger partial charge is 0.331 e. The molecule has 20 heavy (non-hydrogen) atoms. The van der Waals surface area contributed by atoms with Crippen molar-refractivity contribution in [3.63, 3.8) is 0 Å². The van der Waals surface area contributed by atoms with E-state index in [9.17, 15) is 24.2 Å². The number of aliphatic hydroxyl groups excluding tert-OH is 3. The first-order valence-corrected chi connectivity index (χ1v) is 5.66. The van der Waals surface area contributed by atoms with Gasteiger partial charge in [-0.05, 0) is 0 Å². The highest BCUT2D eigenvalue weighted by Crippen LogP contribution is 2.40. The molecule has 0 bridgehead atoms. The van der Waals surface area contributed by atoms with Crippen molar-refractivity contribution in [1.82, 2.24) is 9.55 Å². The second kappa shape index (κ2) is 4.94. The van der Waals surface area contributed by atoms with Crippen LogP contribution in [0.25, 0.3) is 0 Å². The van der Waals surface area contributed by atoms with Gasteiger partial charge in [-0.1, -0.05) is 6.58 Å². The maximum atomic E-state index is 13.8. The summed E-state index contributed by atoms with van der Waals surface area (Å²) in [4.78, 5) is 24.6. The number of nitrogens with one attached hydrogen (secondary N) is 1. The zero-order valence-corrected chi connectivity index (χ0v) is 10.2. The van der Waals surface area contributed by atoms with Gasteiger partial charge in [0.15, 0.2) is 0 Å². The van der Waals surface area contributed by atoms with Crippen molar-refractivity contribution in [3.05, 3.63) is 45.5 Å². The number of hydrogen-bond acceptors (Lipinski definition) is 6. The Balaban J connectivity index is 2.65. The molecular formula is C11H13FN2O6. The lowest BCUT2D eigenvalue weighted by molar-refractivity contribution is -0.134. The molecule has 0 spiro atoms. The second-order valence-corrected chi connectivity index (χ2v) is 4.36. The highest BCUT2D eigenvalue weighted by Gasteiger charge is 2.58. The molecule has 1 aliphatic heterocycles. The Bertz CT molecular complexity index is 640. The lowest BCUT2D eigenvalue weighted by Crippen LogP contribution is -2.51. The Morgan fingerprint density at radius 3 is 2.65 bits per heavy atom. The highest BCUT2D eigenvalue weighted by molar-refractivity contribution is 5.14. The minimum atomic E-state index is -2.41. The van der Waals surface area contributed by atoms with Gasteiger partial charge in [0, 0.05) is 12.3 Å². The van der Waals surface area contributed by atoms with Crippen LogP contribution in [0, 0.1) is 0 Å². The number of aliphatic hydroxyl groups is 3. The van der Waals surface area contributed by atoms with E-state index >= 15 is 0 Å². The first-order valence-electron chi connectivity index (χ1n) is 5.66. The molecule has 9 heteroatoms. The molecule has 0 unspecified atom stereocenters. The van der Waals surface area contributed by atoms with Gasteiger partial charge in [0.2, 0.25) is 5.72 Å². The number of hydrogen-bond donors (Lipinski definition) is 4. The van der Waals surface area contributed by atoms with E-state index in [2.05, 4.69) is 6.58 Å². The molecule has 1 saturated heterocycles. The molecule has 1 aromatic heterocycles. The number of H-pyrrole nitrogens is 1. The summed E-state index contributed by atoms with van der Waals surface area (Å²) in [6.07, 6.45) is -3.93.